The van der Waals surface area contributed by atoms with Crippen molar-refractivity contribution in [2.45, 2.75) is 26.3 Å². The van der Waals surface area contributed by atoms with Crippen molar-refractivity contribution < 1.29 is 4.79 Å². The van der Waals surface area contributed by atoms with Gasteiger partial charge in [0.1, 0.15) is 10.7 Å². The number of imidazole rings is 1. The Kier molecular flexibility index (Phi) is 4.09. The highest BCUT2D eigenvalue weighted by atomic mass is 32.1. The zero-order valence-electron chi connectivity index (χ0n) is 15.4. The van der Waals surface area contributed by atoms with Crippen molar-refractivity contribution in [2.24, 2.45) is 0 Å². The van der Waals surface area contributed by atoms with Crippen LogP contribution in [0.4, 0.5) is 5.69 Å². The predicted molar refractivity (Wildman–Crippen MR) is 110 cm³/mol. The molecular weight excluding hydrogens is 370 g/mol. The number of benzene rings is 1. The highest BCUT2D eigenvalue weighted by Gasteiger charge is 2.18. The summed E-state index contributed by atoms with van der Waals surface area (Å²) in [6.07, 6.45) is 7.99. The van der Waals surface area contributed by atoms with E-state index in [1.807, 2.05) is 66.5 Å². The van der Waals surface area contributed by atoms with E-state index in [0.717, 1.165) is 53.0 Å². The quantitative estimate of drug-likeness (QED) is 0.566. The first-order valence-corrected chi connectivity index (χ1v) is 10.1. The van der Waals surface area contributed by atoms with E-state index < -0.39 is 0 Å². The second kappa shape index (κ2) is 6.76. The van der Waals surface area contributed by atoms with Crippen LogP contribution in [0.3, 0.4) is 0 Å². The monoisotopic (exact) mass is 389 g/mol. The second-order valence-electron chi connectivity index (χ2n) is 6.85. The molecule has 6 nitrogen and oxygen atoms in total. The summed E-state index contributed by atoms with van der Waals surface area (Å²) in [5, 5.41) is 3.77. The van der Waals surface area contributed by atoms with Crippen LogP contribution in [0.1, 0.15) is 27.6 Å². The third kappa shape index (κ3) is 2.93. The van der Waals surface area contributed by atoms with Crippen LogP contribution in [0.15, 0.2) is 55.0 Å². The number of nitrogens with one attached hydrogen (secondary N) is 1. The van der Waals surface area contributed by atoms with E-state index in [1.54, 1.807) is 0 Å². The van der Waals surface area contributed by atoms with E-state index in [0.29, 0.717) is 4.88 Å². The molecule has 1 aliphatic heterocycles. The number of fused-ring (bicyclic) bond motifs is 1. The van der Waals surface area contributed by atoms with Gasteiger partial charge in [0.2, 0.25) is 0 Å². The van der Waals surface area contributed by atoms with Gasteiger partial charge >= 0.3 is 0 Å². The molecule has 140 valence electrons. The van der Waals surface area contributed by atoms with E-state index in [4.69, 9.17) is 0 Å². The molecule has 0 saturated carbocycles. The van der Waals surface area contributed by atoms with Crippen molar-refractivity contribution in [1.29, 1.82) is 0 Å². The Bertz CT molecular complexity index is 1140. The maximum absolute atomic E-state index is 12.7. The van der Waals surface area contributed by atoms with Gasteiger partial charge in [-0.05, 0) is 43.2 Å². The first kappa shape index (κ1) is 16.9. The Labute approximate surface area is 166 Å². The fourth-order valence-corrected chi connectivity index (χ4v) is 4.50. The van der Waals surface area contributed by atoms with E-state index in [1.165, 1.54) is 11.3 Å². The number of aryl methyl sites for hydroxylation is 2. The van der Waals surface area contributed by atoms with Gasteiger partial charge in [-0.3, -0.25) is 4.79 Å². The highest BCUT2D eigenvalue weighted by molar-refractivity contribution is 7.16. The van der Waals surface area contributed by atoms with Crippen LogP contribution in [0, 0.1) is 6.92 Å². The van der Waals surface area contributed by atoms with Gasteiger partial charge < -0.3 is 14.5 Å². The average Bonchev–Trinajstić information content (AvgIpc) is 3.46. The Morgan fingerprint density at radius 2 is 1.96 bits per heavy atom. The van der Waals surface area contributed by atoms with Crippen molar-refractivity contribution >= 4 is 22.9 Å². The molecule has 1 amide bonds. The fourth-order valence-electron chi connectivity index (χ4n) is 3.57. The summed E-state index contributed by atoms with van der Waals surface area (Å²) in [6.45, 7) is 2.89. The molecule has 0 saturated heterocycles. The lowest BCUT2D eigenvalue weighted by molar-refractivity contribution is 0.103. The summed E-state index contributed by atoms with van der Waals surface area (Å²) in [7, 11) is 0. The number of thiazole rings is 1. The number of hydrogen-bond acceptors (Lipinski definition) is 4. The van der Waals surface area contributed by atoms with E-state index in [9.17, 15) is 4.79 Å². The minimum atomic E-state index is -0.133. The Balaban J connectivity index is 1.34. The van der Waals surface area contributed by atoms with Crippen molar-refractivity contribution in [1.82, 2.24) is 19.1 Å². The summed E-state index contributed by atoms with van der Waals surface area (Å²) in [5.74, 6) is 1.03. The number of anilines is 1. The molecule has 0 spiro atoms. The minimum Gasteiger partial charge on any atom is -0.328 e. The first-order valence-electron chi connectivity index (χ1n) is 9.26. The van der Waals surface area contributed by atoms with Crippen LogP contribution in [0.25, 0.3) is 16.4 Å². The largest absolute Gasteiger partial charge is 0.328 e. The van der Waals surface area contributed by atoms with E-state index >= 15 is 0 Å². The third-order valence-electron chi connectivity index (χ3n) is 4.98. The molecule has 3 aromatic heterocycles. The molecule has 7 heteroatoms. The zero-order chi connectivity index (χ0) is 19.1. The number of rotatable bonds is 4. The molecule has 1 N–H and O–H groups in total. The van der Waals surface area contributed by atoms with Crippen molar-refractivity contribution in [3.8, 4) is 16.4 Å². The molecule has 4 aromatic rings. The molecule has 0 bridgehead atoms. The van der Waals surface area contributed by atoms with Gasteiger partial charge in [0.25, 0.3) is 5.91 Å². The van der Waals surface area contributed by atoms with Crippen LogP contribution in [0.5, 0.6) is 0 Å². The smallest absolute Gasteiger partial charge is 0.267 e. The number of aromatic nitrogens is 4. The molecule has 0 radical (unpaired) electrons. The standard InChI is InChI=1S/C21H19N5OS/c1-14-19(28-21(23-14)25-10-2-3-11-25)20(27)24-16-8-6-15(7-9-16)17-13-22-18-5-4-12-26(17)18/h2-3,6-11,13H,4-5,12H2,1H3,(H,24,27). The minimum absolute atomic E-state index is 0.133. The van der Waals surface area contributed by atoms with Gasteiger partial charge in [0.05, 0.1) is 17.6 Å². The lowest BCUT2D eigenvalue weighted by Crippen LogP contribution is -2.11. The SMILES string of the molecule is Cc1nc(-n2cccc2)sc1C(=O)Nc1ccc(-c2cnc3n2CCC3)cc1. The van der Waals surface area contributed by atoms with E-state index in [2.05, 4.69) is 19.9 Å². The second-order valence-corrected chi connectivity index (χ2v) is 7.83. The Morgan fingerprint density at radius 1 is 1.18 bits per heavy atom. The number of amides is 1. The summed E-state index contributed by atoms with van der Waals surface area (Å²) in [6, 6.07) is 11.8. The summed E-state index contributed by atoms with van der Waals surface area (Å²) >= 11 is 1.39. The molecular formula is C21H19N5OS. The van der Waals surface area contributed by atoms with Gasteiger partial charge in [-0.15, -0.1) is 0 Å². The van der Waals surface area contributed by atoms with Gasteiger partial charge in [0, 0.05) is 31.0 Å². The van der Waals surface area contributed by atoms with Gasteiger partial charge in [0.15, 0.2) is 5.13 Å². The van der Waals surface area contributed by atoms with Crippen LogP contribution in [-0.2, 0) is 13.0 Å². The molecule has 0 fully saturated rings. The Hall–Kier alpha value is -3.19. The van der Waals surface area contributed by atoms with Crippen LogP contribution >= 0.6 is 11.3 Å². The fraction of sp³-hybridized carbons (Fsp3) is 0.190. The first-order chi connectivity index (χ1) is 13.7. The topological polar surface area (TPSA) is 64.7 Å². The molecule has 0 unspecified atom stereocenters. The maximum Gasteiger partial charge on any atom is 0.267 e. The highest BCUT2D eigenvalue weighted by Crippen LogP contribution is 2.27. The van der Waals surface area contributed by atoms with Gasteiger partial charge in [-0.2, -0.15) is 0 Å². The van der Waals surface area contributed by atoms with Crippen molar-refractivity contribution in [3.63, 3.8) is 0 Å². The Morgan fingerprint density at radius 3 is 2.75 bits per heavy atom. The molecule has 5 rings (SSSR count). The number of carbonyl (C=O) groups excluding carboxylic acids is 1. The molecule has 28 heavy (non-hydrogen) atoms. The molecule has 4 heterocycles. The molecule has 1 aliphatic rings. The van der Waals surface area contributed by atoms with E-state index in [-0.39, 0.29) is 5.91 Å². The van der Waals surface area contributed by atoms with Crippen LogP contribution < -0.4 is 5.32 Å². The summed E-state index contributed by atoms with van der Waals surface area (Å²) < 4.78 is 4.18. The predicted octanol–water partition coefficient (Wildman–Crippen LogP) is 4.30. The molecule has 0 atom stereocenters. The average molecular weight is 389 g/mol. The maximum atomic E-state index is 12.7. The van der Waals surface area contributed by atoms with Crippen molar-refractivity contribution in [3.05, 3.63) is 71.4 Å². The normalized spacial score (nSPS) is 12.9. The lowest BCUT2D eigenvalue weighted by atomic mass is 10.1. The van der Waals surface area contributed by atoms with Gasteiger partial charge in [-0.25, -0.2) is 9.97 Å². The molecule has 0 aliphatic carbocycles. The van der Waals surface area contributed by atoms with Crippen molar-refractivity contribution in [2.75, 3.05) is 5.32 Å². The zero-order valence-corrected chi connectivity index (χ0v) is 16.2. The van der Waals surface area contributed by atoms with Crippen LogP contribution in [-0.4, -0.2) is 25.0 Å². The number of nitrogens with zero attached hydrogens (tertiary/aromatic N) is 4. The van der Waals surface area contributed by atoms with Gasteiger partial charge in [-0.1, -0.05) is 23.5 Å². The molecule has 1 aromatic carbocycles. The van der Waals surface area contributed by atoms with Crippen LogP contribution in [0.2, 0.25) is 0 Å². The lowest BCUT2D eigenvalue weighted by Gasteiger charge is -2.07. The summed E-state index contributed by atoms with van der Waals surface area (Å²) in [5.41, 5.74) is 3.76. The summed E-state index contributed by atoms with van der Waals surface area (Å²) in [4.78, 5) is 22.4. The number of hydrogen-bond donors (Lipinski definition) is 1. The third-order valence-corrected chi connectivity index (χ3v) is 6.15. The number of carbonyl (C=O) groups is 1.